The van der Waals surface area contributed by atoms with E-state index in [-0.39, 0.29) is 0 Å². The van der Waals surface area contributed by atoms with Gasteiger partial charge in [-0.3, -0.25) is 0 Å². The third-order valence-corrected chi connectivity index (χ3v) is 2.21. The summed E-state index contributed by atoms with van der Waals surface area (Å²) in [5, 5.41) is 0. The number of alkyl halides is 3. The van der Waals surface area contributed by atoms with Crippen molar-refractivity contribution in [3.8, 4) is 0 Å². The normalized spacial score (nSPS) is 14.4. The highest BCUT2D eigenvalue weighted by molar-refractivity contribution is 14.2. The second kappa shape index (κ2) is 4.88. The molecular weight excluding hydrogens is 294 g/mol. The molecule has 0 aromatic heterocycles. The van der Waals surface area contributed by atoms with E-state index in [9.17, 15) is 22.0 Å². The average Bonchev–Trinajstić information content (AvgIpc) is 1.97. The zero-order valence-corrected chi connectivity index (χ0v) is 8.05. The topological polar surface area (TPSA) is 0 Å². The molecule has 0 unspecified atom stereocenters. The lowest BCUT2D eigenvalue weighted by Gasteiger charge is -2.03. The Bertz CT molecular complexity index is 193. The molecule has 0 saturated carbocycles. The first-order chi connectivity index (χ1) is 5.37. The molecule has 0 aromatic rings. The van der Waals surface area contributed by atoms with E-state index in [1.165, 1.54) is 0 Å². The summed E-state index contributed by atoms with van der Waals surface area (Å²) in [6, 6.07) is 0. The van der Waals surface area contributed by atoms with Gasteiger partial charge in [-0.05, 0) is 0 Å². The summed E-state index contributed by atoms with van der Waals surface area (Å²) < 4.78 is 60.9. The van der Waals surface area contributed by atoms with Crippen molar-refractivity contribution in [1.29, 1.82) is 0 Å². The molecule has 0 nitrogen and oxygen atoms in total. The Morgan fingerprint density at radius 2 is 1.75 bits per heavy atom. The van der Waals surface area contributed by atoms with Gasteiger partial charge in [0.05, 0.1) is 0 Å². The molecule has 0 aliphatic heterocycles. The second-order valence-electron chi connectivity index (χ2n) is 1.91. The van der Waals surface area contributed by atoms with Crippen molar-refractivity contribution in [2.45, 2.75) is 19.0 Å². The lowest BCUT2D eigenvalue weighted by molar-refractivity contribution is -0.134. The Morgan fingerprint density at radius 1 is 1.25 bits per heavy atom. The summed E-state index contributed by atoms with van der Waals surface area (Å²) in [4.78, 5) is 0. The Balaban J connectivity index is 4.03. The maximum atomic E-state index is 12.3. The van der Waals surface area contributed by atoms with E-state index in [1.54, 1.807) is 0 Å². The Kier molecular flexibility index (Phi) is 4.88. The van der Waals surface area contributed by atoms with Crippen LogP contribution in [0.4, 0.5) is 22.0 Å². The van der Waals surface area contributed by atoms with E-state index >= 15 is 0 Å². The smallest absolute Gasteiger partial charge is 0.208 e. The minimum Gasteiger partial charge on any atom is -0.208 e. The van der Waals surface area contributed by atoms with Crippen LogP contribution in [0.15, 0.2) is 9.66 Å². The third kappa shape index (κ3) is 5.62. The number of hydrogen-bond acceptors (Lipinski definition) is 0. The molecule has 0 radical (unpaired) electrons. The zero-order chi connectivity index (χ0) is 9.78. The summed E-state index contributed by atoms with van der Waals surface area (Å²) in [7, 11) is 0. The summed E-state index contributed by atoms with van der Waals surface area (Å²) >= 11 is -1.32. The van der Waals surface area contributed by atoms with E-state index in [4.69, 9.17) is 0 Å². The van der Waals surface area contributed by atoms with Gasteiger partial charge in [-0.15, -0.1) is 0 Å². The van der Waals surface area contributed by atoms with E-state index in [0.29, 0.717) is 0 Å². The second-order valence-corrected chi connectivity index (χ2v) is 3.62. The molecule has 0 spiro atoms. The zero-order valence-electron chi connectivity index (χ0n) is 5.89. The molecule has 12 heavy (non-hydrogen) atoms. The lowest BCUT2D eigenvalue weighted by Crippen LogP contribution is -2.06. The van der Waals surface area contributed by atoms with Crippen LogP contribution in [-0.2, 0) is 0 Å². The molecule has 0 amide bonds. The first kappa shape index (κ1) is 12.0. The van der Waals surface area contributed by atoms with E-state index < -0.39 is 49.4 Å². The van der Waals surface area contributed by atoms with Crippen LogP contribution in [0.1, 0.15) is 12.8 Å². The van der Waals surface area contributed by atoms with Crippen LogP contribution in [0.25, 0.3) is 0 Å². The first-order valence-electron chi connectivity index (χ1n) is 2.86. The highest BCUT2D eigenvalue weighted by Gasteiger charge is 2.27. The first-order valence-corrected chi connectivity index (χ1v) is 5.46. The summed E-state index contributed by atoms with van der Waals surface area (Å²) in [6.45, 7) is 0. The highest BCUT2D eigenvalue weighted by atomic mass is 127. The van der Waals surface area contributed by atoms with Crippen molar-refractivity contribution < 1.29 is 22.0 Å². The van der Waals surface area contributed by atoms with Crippen LogP contribution >= 0.6 is 20.7 Å². The van der Waals surface area contributed by atoms with Crippen molar-refractivity contribution in [1.82, 2.24) is 0 Å². The minimum atomic E-state index is -4.43. The molecule has 0 bridgehead atoms. The maximum Gasteiger partial charge on any atom is 0.389 e. The van der Waals surface area contributed by atoms with Gasteiger partial charge in [-0.25, -0.2) is 4.39 Å². The summed E-state index contributed by atoms with van der Waals surface area (Å²) in [5.41, 5.74) is 0. The van der Waals surface area contributed by atoms with Crippen LogP contribution < -0.4 is 0 Å². The fourth-order valence-corrected chi connectivity index (χ4v) is 1.10. The number of allylic oxidation sites excluding steroid dienone is 1. The molecule has 0 saturated heterocycles. The third-order valence-electron chi connectivity index (χ3n) is 0.950. The summed E-state index contributed by atoms with van der Waals surface area (Å²) in [6.07, 6.45) is -6.67. The van der Waals surface area contributed by atoms with E-state index in [0.717, 1.165) is 0 Å². The molecule has 0 fully saturated rings. The molecule has 0 rings (SSSR count). The Hall–Kier alpha value is -0.0100. The molecule has 0 N–H and O–H groups in total. The van der Waals surface area contributed by atoms with Crippen molar-refractivity contribution >= 4 is 25.2 Å². The minimum absolute atomic E-state index is 0.912. The van der Waals surface area contributed by atoms with Gasteiger partial charge in [-0.2, -0.15) is 17.6 Å². The van der Waals surface area contributed by atoms with Gasteiger partial charge in [0.25, 0.3) is 0 Å². The van der Waals surface area contributed by atoms with E-state index in [2.05, 4.69) is 4.51 Å². The summed E-state index contributed by atoms with van der Waals surface area (Å²) in [5.74, 6) is -1.31. The molecule has 0 atom stereocenters. The van der Waals surface area contributed by atoms with Gasteiger partial charge >= 0.3 is 6.18 Å². The van der Waals surface area contributed by atoms with Crippen LogP contribution in [-0.4, -0.2) is 10.7 Å². The molecular formula is C6H6F5I. The van der Waals surface area contributed by atoms with Gasteiger partial charge in [0, 0.05) is 12.8 Å². The van der Waals surface area contributed by atoms with Crippen molar-refractivity contribution in [3.05, 3.63) is 9.66 Å². The van der Waals surface area contributed by atoms with Crippen molar-refractivity contribution in [2.75, 3.05) is 0 Å². The van der Waals surface area contributed by atoms with Crippen LogP contribution in [0.5, 0.6) is 0 Å². The van der Waals surface area contributed by atoms with Crippen molar-refractivity contribution in [3.63, 3.8) is 0 Å². The largest absolute Gasteiger partial charge is 0.389 e. The van der Waals surface area contributed by atoms with Crippen LogP contribution in [0.2, 0.25) is 0 Å². The molecule has 0 aliphatic carbocycles. The number of hydrogen-bond donors (Lipinski definition) is 0. The number of rotatable bonds is 3. The lowest BCUT2D eigenvalue weighted by atomic mass is 10.3. The highest BCUT2D eigenvalue weighted by Crippen LogP contribution is 2.28. The van der Waals surface area contributed by atoms with Gasteiger partial charge in [0.15, 0.2) is 3.83 Å². The monoisotopic (exact) mass is 300 g/mol. The Labute approximate surface area is 76.2 Å². The SMILES string of the molecule is C=I/C(F)=C(\F)CCC(F)(F)F. The van der Waals surface area contributed by atoms with Crippen LogP contribution in [0.3, 0.4) is 0 Å². The fourth-order valence-electron chi connectivity index (χ4n) is 0.418. The Morgan fingerprint density at radius 3 is 2.08 bits per heavy atom. The van der Waals surface area contributed by atoms with E-state index in [1.807, 2.05) is 0 Å². The fraction of sp³-hybridized carbons (Fsp3) is 0.500. The molecule has 0 heterocycles. The molecule has 6 heteroatoms. The quantitative estimate of drug-likeness (QED) is 0.549. The standard InChI is InChI=1S/C6H6F5I/c1-12-5(8)4(7)2-3-6(9,10)11/h1-3H2/b5-4-. The molecule has 0 aliphatic rings. The predicted octanol–water partition coefficient (Wildman–Crippen LogP) is 3.84. The van der Waals surface area contributed by atoms with Gasteiger partial charge in [0.1, 0.15) is 5.83 Å². The maximum absolute atomic E-state index is 12.3. The van der Waals surface area contributed by atoms with Gasteiger partial charge in [-0.1, -0.05) is 25.2 Å². The molecule has 72 valence electrons. The van der Waals surface area contributed by atoms with Crippen LogP contribution in [0, 0.1) is 0 Å². The van der Waals surface area contributed by atoms with Gasteiger partial charge in [0.2, 0.25) is 0 Å². The average molecular weight is 300 g/mol. The molecule has 0 aromatic carbocycles. The van der Waals surface area contributed by atoms with Crippen molar-refractivity contribution in [2.24, 2.45) is 0 Å². The number of halogens is 6. The van der Waals surface area contributed by atoms with Gasteiger partial charge < -0.3 is 0 Å². The predicted molar refractivity (Wildman–Crippen MR) is 45.7 cm³/mol.